The quantitative estimate of drug-likeness (QED) is 0.614. The minimum Gasteiger partial charge on any atom is -0.465 e. The molecule has 2 aromatic heterocycles. The first kappa shape index (κ1) is 19.0. The lowest BCUT2D eigenvalue weighted by molar-refractivity contribution is 0.0600. The molecule has 8 nitrogen and oxygen atoms in total. The van der Waals surface area contributed by atoms with E-state index in [-0.39, 0.29) is 12.3 Å². The second-order valence-electron chi connectivity index (χ2n) is 6.04. The van der Waals surface area contributed by atoms with Gasteiger partial charge in [0, 0.05) is 18.6 Å². The van der Waals surface area contributed by atoms with Gasteiger partial charge in [0.2, 0.25) is 10.0 Å². The normalized spacial score (nSPS) is 11.6. The molecule has 3 rings (SSSR count). The number of nitrogens with one attached hydrogen (secondary N) is 1. The summed E-state index contributed by atoms with van der Waals surface area (Å²) in [4.78, 5) is 15.5. The van der Waals surface area contributed by atoms with Crippen molar-refractivity contribution in [3.8, 4) is 0 Å². The standard InChI is InChI=1S/C18H20N4O4S/c1-22-17-13(4-3-5-14(17)11-20-22)8-9-27(24,25)21-12-16-7-6-15(10-19-16)18(23)26-2/h3-7,10-11,21H,8-9,12H2,1-2H3. The van der Waals surface area contributed by atoms with Gasteiger partial charge in [0.15, 0.2) is 0 Å². The predicted molar refractivity (Wildman–Crippen MR) is 101 cm³/mol. The molecule has 1 N–H and O–H groups in total. The molecular weight excluding hydrogens is 368 g/mol. The Balaban J connectivity index is 1.62. The molecule has 0 fully saturated rings. The van der Waals surface area contributed by atoms with Crippen LogP contribution in [-0.4, -0.2) is 42.0 Å². The first-order valence-electron chi connectivity index (χ1n) is 8.30. The fraction of sp³-hybridized carbons (Fsp3) is 0.278. The third-order valence-corrected chi connectivity index (χ3v) is 5.53. The Labute approximate surface area is 157 Å². The van der Waals surface area contributed by atoms with Crippen LogP contribution >= 0.6 is 0 Å². The first-order valence-corrected chi connectivity index (χ1v) is 9.95. The SMILES string of the molecule is COC(=O)c1ccc(CNS(=O)(=O)CCc2cccc3cnn(C)c23)nc1. The highest BCUT2D eigenvalue weighted by molar-refractivity contribution is 7.89. The molecule has 0 amide bonds. The van der Waals surface area contributed by atoms with E-state index in [0.717, 1.165) is 16.5 Å². The highest BCUT2D eigenvalue weighted by Crippen LogP contribution is 2.18. The van der Waals surface area contributed by atoms with E-state index in [1.807, 2.05) is 25.2 Å². The number of hydrogen-bond donors (Lipinski definition) is 1. The summed E-state index contributed by atoms with van der Waals surface area (Å²) in [6, 6.07) is 8.89. The van der Waals surface area contributed by atoms with Gasteiger partial charge in [-0.2, -0.15) is 5.10 Å². The lowest BCUT2D eigenvalue weighted by Crippen LogP contribution is -2.27. The Hall–Kier alpha value is -2.78. The zero-order valence-corrected chi connectivity index (χ0v) is 15.9. The fourth-order valence-corrected chi connectivity index (χ4v) is 3.79. The van der Waals surface area contributed by atoms with Gasteiger partial charge < -0.3 is 4.74 Å². The molecule has 0 bridgehead atoms. The number of rotatable bonds is 7. The van der Waals surface area contributed by atoms with Crippen LogP contribution in [0.3, 0.4) is 0 Å². The van der Waals surface area contributed by atoms with Gasteiger partial charge in [-0.1, -0.05) is 18.2 Å². The van der Waals surface area contributed by atoms with Gasteiger partial charge in [0.25, 0.3) is 0 Å². The highest BCUT2D eigenvalue weighted by Gasteiger charge is 2.14. The number of fused-ring (bicyclic) bond motifs is 1. The third-order valence-electron chi connectivity index (χ3n) is 4.20. The summed E-state index contributed by atoms with van der Waals surface area (Å²) in [7, 11) is -0.361. The van der Waals surface area contributed by atoms with Crippen molar-refractivity contribution in [3.05, 3.63) is 59.5 Å². The number of aryl methyl sites for hydroxylation is 2. The number of pyridine rings is 1. The van der Waals surface area contributed by atoms with Crippen LogP contribution in [0.25, 0.3) is 10.9 Å². The zero-order valence-electron chi connectivity index (χ0n) is 15.0. The fourth-order valence-electron chi connectivity index (χ4n) is 2.79. The van der Waals surface area contributed by atoms with Crippen LogP contribution in [0.1, 0.15) is 21.6 Å². The Kier molecular flexibility index (Phi) is 5.52. The topological polar surface area (TPSA) is 103 Å². The number of ether oxygens (including phenoxy) is 1. The van der Waals surface area contributed by atoms with Crippen molar-refractivity contribution in [2.24, 2.45) is 7.05 Å². The largest absolute Gasteiger partial charge is 0.465 e. The highest BCUT2D eigenvalue weighted by atomic mass is 32.2. The molecule has 3 aromatic rings. The van der Waals surface area contributed by atoms with Gasteiger partial charge in [0.05, 0.1) is 42.4 Å². The zero-order chi connectivity index (χ0) is 19.4. The second-order valence-corrected chi connectivity index (χ2v) is 7.97. The summed E-state index contributed by atoms with van der Waals surface area (Å²) in [5, 5.41) is 5.19. The van der Waals surface area contributed by atoms with Crippen LogP contribution in [-0.2, 0) is 34.8 Å². The molecular formula is C18H20N4O4S. The molecule has 0 atom stereocenters. The Morgan fingerprint density at radius 3 is 2.74 bits per heavy atom. The molecule has 0 radical (unpaired) electrons. The Bertz CT molecular complexity index is 1060. The number of para-hydroxylation sites is 1. The van der Waals surface area contributed by atoms with Crippen molar-refractivity contribution in [2.75, 3.05) is 12.9 Å². The van der Waals surface area contributed by atoms with Gasteiger partial charge in [-0.3, -0.25) is 9.67 Å². The average molecular weight is 388 g/mol. The van der Waals surface area contributed by atoms with E-state index in [1.54, 1.807) is 23.0 Å². The van der Waals surface area contributed by atoms with Gasteiger partial charge >= 0.3 is 5.97 Å². The second kappa shape index (κ2) is 7.85. The van der Waals surface area contributed by atoms with E-state index in [4.69, 9.17) is 0 Å². The van der Waals surface area contributed by atoms with Crippen molar-refractivity contribution in [2.45, 2.75) is 13.0 Å². The van der Waals surface area contributed by atoms with Crippen molar-refractivity contribution in [1.82, 2.24) is 19.5 Å². The lowest BCUT2D eigenvalue weighted by Gasteiger charge is -2.08. The minimum atomic E-state index is -3.48. The van der Waals surface area contributed by atoms with Crippen LogP contribution in [0.4, 0.5) is 0 Å². The lowest BCUT2D eigenvalue weighted by atomic mass is 10.1. The molecule has 9 heteroatoms. The maximum absolute atomic E-state index is 12.3. The molecule has 0 unspecified atom stereocenters. The van der Waals surface area contributed by atoms with Crippen molar-refractivity contribution >= 4 is 26.9 Å². The molecule has 142 valence electrons. The van der Waals surface area contributed by atoms with Crippen LogP contribution in [0.2, 0.25) is 0 Å². The van der Waals surface area contributed by atoms with E-state index in [9.17, 15) is 13.2 Å². The van der Waals surface area contributed by atoms with Crippen molar-refractivity contribution < 1.29 is 17.9 Å². The monoisotopic (exact) mass is 388 g/mol. The van der Waals surface area contributed by atoms with Gasteiger partial charge in [-0.15, -0.1) is 0 Å². The molecule has 1 aromatic carbocycles. The summed E-state index contributed by atoms with van der Waals surface area (Å²) in [6.45, 7) is 0.0553. The first-order chi connectivity index (χ1) is 12.9. The van der Waals surface area contributed by atoms with E-state index in [2.05, 4.69) is 19.5 Å². The molecule has 0 saturated heterocycles. The third kappa shape index (κ3) is 4.50. The van der Waals surface area contributed by atoms with Crippen LogP contribution in [0.15, 0.2) is 42.7 Å². The smallest absolute Gasteiger partial charge is 0.339 e. The van der Waals surface area contributed by atoms with E-state index >= 15 is 0 Å². The summed E-state index contributed by atoms with van der Waals surface area (Å²) >= 11 is 0. The van der Waals surface area contributed by atoms with Gasteiger partial charge in [-0.25, -0.2) is 17.9 Å². The summed E-state index contributed by atoms with van der Waals surface area (Å²) < 4.78 is 33.5. The number of carbonyl (C=O) groups is 1. The molecule has 0 aliphatic heterocycles. The predicted octanol–water partition coefficient (Wildman–Crippen LogP) is 1.42. The molecule has 27 heavy (non-hydrogen) atoms. The Morgan fingerprint density at radius 1 is 1.22 bits per heavy atom. The number of benzene rings is 1. The summed E-state index contributed by atoms with van der Waals surface area (Å²) in [5.41, 5.74) is 2.69. The number of esters is 1. The maximum atomic E-state index is 12.3. The van der Waals surface area contributed by atoms with Crippen molar-refractivity contribution in [1.29, 1.82) is 0 Å². The van der Waals surface area contributed by atoms with E-state index in [1.165, 1.54) is 13.3 Å². The number of hydrogen-bond acceptors (Lipinski definition) is 6. The average Bonchev–Trinajstić information content (AvgIpc) is 3.06. The van der Waals surface area contributed by atoms with E-state index < -0.39 is 16.0 Å². The molecule has 0 saturated carbocycles. The van der Waals surface area contributed by atoms with Gasteiger partial charge in [0.1, 0.15) is 0 Å². The number of nitrogens with zero attached hydrogens (tertiary/aromatic N) is 3. The number of sulfonamides is 1. The van der Waals surface area contributed by atoms with Crippen LogP contribution in [0.5, 0.6) is 0 Å². The Morgan fingerprint density at radius 2 is 2.04 bits per heavy atom. The number of carbonyl (C=O) groups excluding carboxylic acids is 1. The number of methoxy groups -OCH3 is 1. The van der Waals surface area contributed by atoms with Crippen LogP contribution in [0, 0.1) is 0 Å². The number of aromatic nitrogens is 3. The maximum Gasteiger partial charge on any atom is 0.339 e. The summed E-state index contributed by atoms with van der Waals surface area (Å²) in [6.07, 6.45) is 3.49. The van der Waals surface area contributed by atoms with Crippen molar-refractivity contribution in [3.63, 3.8) is 0 Å². The molecule has 0 aliphatic carbocycles. The van der Waals surface area contributed by atoms with E-state index in [0.29, 0.717) is 17.7 Å². The van der Waals surface area contributed by atoms with Crippen LogP contribution < -0.4 is 4.72 Å². The molecule has 0 spiro atoms. The van der Waals surface area contributed by atoms with Gasteiger partial charge in [-0.05, 0) is 24.1 Å². The molecule has 2 heterocycles. The summed E-state index contributed by atoms with van der Waals surface area (Å²) in [5.74, 6) is -0.531. The molecule has 0 aliphatic rings. The minimum absolute atomic E-state index is 0.0441.